The number of carbonyl (C=O) groups is 4. The zero-order chi connectivity index (χ0) is 19.4. The second-order valence-corrected chi connectivity index (χ2v) is 5.04. The molecule has 0 amide bonds. The lowest BCUT2D eigenvalue weighted by molar-refractivity contribution is 0.0555. The third kappa shape index (κ3) is 3.08. The molecular formula is C18H16O8. The van der Waals surface area contributed by atoms with Crippen LogP contribution in [0, 0.1) is 0 Å². The average molecular weight is 360 g/mol. The zero-order valence-corrected chi connectivity index (χ0v) is 14.6. The van der Waals surface area contributed by atoms with Crippen molar-refractivity contribution in [2.24, 2.45) is 0 Å². The van der Waals surface area contributed by atoms with Crippen molar-refractivity contribution in [3.8, 4) is 0 Å². The Morgan fingerprint density at radius 2 is 1.15 bits per heavy atom. The van der Waals surface area contributed by atoms with Crippen LogP contribution in [0.5, 0.6) is 0 Å². The second kappa shape index (κ2) is 7.64. The molecule has 0 atom stereocenters. The molecule has 8 nitrogen and oxygen atoms in total. The first-order valence-corrected chi connectivity index (χ1v) is 7.34. The second-order valence-electron chi connectivity index (χ2n) is 5.04. The van der Waals surface area contributed by atoms with Gasteiger partial charge in [-0.2, -0.15) is 0 Å². The van der Waals surface area contributed by atoms with Crippen LogP contribution in [0.3, 0.4) is 0 Å². The molecule has 0 aliphatic carbocycles. The van der Waals surface area contributed by atoms with Crippen molar-refractivity contribution < 1.29 is 38.1 Å². The van der Waals surface area contributed by atoms with Gasteiger partial charge in [-0.15, -0.1) is 0 Å². The lowest BCUT2D eigenvalue weighted by atomic mass is 9.91. The van der Waals surface area contributed by atoms with Gasteiger partial charge in [0, 0.05) is 5.39 Å². The summed E-state index contributed by atoms with van der Waals surface area (Å²) in [5.74, 6) is -3.19. The van der Waals surface area contributed by atoms with Crippen molar-refractivity contribution >= 4 is 34.6 Å². The third-order valence-electron chi connectivity index (χ3n) is 3.77. The van der Waals surface area contributed by atoms with E-state index in [2.05, 4.69) is 0 Å². The van der Waals surface area contributed by atoms with E-state index < -0.39 is 23.9 Å². The molecular weight excluding hydrogens is 344 g/mol. The molecule has 2 rings (SSSR count). The summed E-state index contributed by atoms with van der Waals surface area (Å²) >= 11 is 0. The van der Waals surface area contributed by atoms with E-state index in [0.29, 0.717) is 0 Å². The summed E-state index contributed by atoms with van der Waals surface area (Å²) in [5, 5.41) is 0.266. The summed E-state index contributed by atoms with van der Waals surface area (Å²) in [5.41, 5.74) is -0.370. The molecule has 0 aromatic heterocycles. The van der Waals surface area contributed by atoms with Gasteiger partial charge in [-0.1, -0.05) is 12.1 Å². The Balaban J connectivity index is 3.09. The van der Waals surface area contributed by atoms with E-state index in [1.807, 2.05) is 0 Å². The number of hydrogen-bond donors (Lipinski definition) is 0. The van der Waals surface area contributed by atoms with Gasteiger partial charge in [0.15, 0.2) is 0 Å². The lowest BCUT2D eigenvalue weighted by Gasteiger charge is -2.15. The quantitative estimate of drug-likeness (QED) is 0.602. The van der Waals surface area contributed by atoms with Gasteiger partial charge in [-0.05, 0) is 17.5 Å². The molecule has 8 heteroatoms. The van der Waals surface area contributed by atoms with Gasteiger partial charge >= 0.3 is 23.9 Å². The maximum Gasteiger partial charge on any atom is 0.339 e. The maximum absolute atomic E-state index is 12.3. The van der Waals surface area contributed by atoms with E-state index in [0.717, 1.165) is 27.4 Å². The Kier molecular flexibility index (Phi) is 5.56. The molecule has 0 spiro atoms. The van der Waals surface area contributed by atoms with Crippen molar-refractivity contribution in [3.05, 3.63) is 46.5 Å². The van der Waals surface area contributed by atoms with Crippen LogP contribution >= 0.6 is 0 Å². The molecule has 0 bridgehead atoms. The number of esters is 4. The Hall–Kier alpha value is -3.42. The summed E-state index contributed by atoms with van der Waals surface area (Å²) < 4.78 is 18.9. The molecule has 0 N–H and O–H groups in total. The van der Waals surface area contributed by atoms with Gasteiger partial charge in [-0.3, -0.25) is 0 Å². The van der Waals surface area contributed by atoms with E-state index in [4.69, 9.17) is 18.9 Å². The van der Waals surface area contributed by atoms with Crippen LogP contribution < -0.4 is 0 Å². The Morgan fingerprint density at radius 1 is 0.654 bits per heavy atom. The van der Waals surface area contributed by atoms with Gasteiger partial charge in [0.2, 0.25) is 0 Å². The smallest absolute Gasteiger partial charge is 0.339 e. The predicted molar refractivity (Wildman–Crippen MR) is 89.3 cm³/mol. The maximum atomic E-state index is 12.3. The molecule has 0 saturated carbocycles. The number of fused-ring (bicyclic) bond motifs is 1. The van der Waals surface area contributed by atoms with Crippen LogP contribution in [0.2, 0.25) is 0 Å². The van der Waals surface area contributed by atoms with Gasteiger partial charge in [0.25, 0.3) is 0 Å². The highest BCUT2D eigenvalue weighted by Crippen LogP contribution is 2.31. The molecule has 0 aliphatic rings. The van der Waals surface area contributed by atoms with Crippen LogP contribution in [0.15, 0.2) is 24.3 Å². The molecule has 2 aromatic carbocycles. The van der Waals surface area contributed by atoms with E-state index >= 15 is 0 Å². The minimum atomic E-state index is -0.846. The fourth-order valence-corrected chi connectivity index (χ4v) is 2.63. The third-order valence-corrected chi connectivity index (χ3v) is 3.77. The number of rotatable bonds is 4. The first-order valence-electron chi connectivity index (χ1n) is 7.34. The van der Waals surface area contributed by atoms with Crippen LogP contribution in [-0.2, 0) is 18.9 Å². The molecule has 26 heavy (non-hydrogen) atoms. The van der Waals surface area contributed by atoms with E-state index in [-0.39, 0.29) is 33.0 Å². The summed E-state index contributed by atoms with van der Waals surface area (Å²) in [6.07, 6.45) is 0. The highest BCUT2D eigenvalue weighted by Gasteiger charge is 2.28. The van der Waals surface area contributed by atoms with E-state index in [9.17, 15) is 19.2 Å². The number of hydrogen-bond acceptors (Lipinski definition) is 8. The monoisotopic (exact) mass is 360 g/mol. The molecule has 0 heterocycles. The van der Waals surface area contributed by atoms with Crippen molar-refractivity contribution in [1.82, 2.24) is 0 Å². The Labute approximate surface area is 148 Å². The van der Waals surface area contributed by atoms with Gasteiger partial charge in [0.05, 0.1) is 50.7 Å². The highest BCUT2D eigenvalue weighted by molar-refractivity contribution is 6.21. The Morgan fingerprint density at radius 3 is 1.69 bits per heavy atom. The number of ether oxygens (including phenoxy) is 4. The molecule has 0 radical (unpaired) electrons. The minimum Gasteiger partial charge on any atom is -0.465 e. The van der Waals surface area contributed by atoms with Gasteiger partial charge in [0.1, 0.15) is 0 Å². The predicted octanol–water partition coefficient (Wildman–Crippen LogP) is 1.99. The molecule has 0 fully saturated rings. The summed E-state index contributed by atoms with van der Waals surface area (Å²) in [6, 6.07) is 5.54. The van der Waals surface area contributed by atoms with Crippen molar-refractivity contribution in [3.63, 3.8) is 0 Å². The van der Waals surface area contributed by atoms with Crippen molar-refractivity contribution in [2.45, 2.75) is 0 Å². The van der Waals surface area contributed by atoms with Crippen molar-refractivity contribution in [2.75, 3.05) is 28.4 Å². The first kappa shape index (κ1) is 18.9. The topological polar surface area (TPSA) is 105 Å². The molecule has 0 saturated heterocycles. The number of methoxy groups -OCH3 is 4. The van der Waals surface area contributed by atoms with E-state index in [1.165, 1.54) is 25.3 Å². The lowest BCUT2D eigenvalue weighted by Crippen LogP contribution is -2.16. The Bertz CT molecular complexity index is 913. The minimum absolute atomic E-state index is 0.0342. The van der Waals surface area contributed by atoms with Crippen molar-refractivity contribution in [1.29, 1.82) is 0 Å². The number of benzene rings is 2. The highest BCUT2D eigenvalue weighted by atomic mass is 16.5. The van der Waals surface area contributed by atoms with Crippen LogP contribution in [-0.4, -0.2) is 52.3 Å². The molecule has 0 aliphatic heterocycles. The zero-order valence-electron chi connectivity index (χ0n) is 14.6. The normalized spacial score (nSPS) is 10.2. The standard InChI is InChI=1S/C18H16O8/c1-23-15(19)10-7-5-6-9-13(10)11(16(20)24-2)8-12(17(21)25-3)14(9)18(22)26-4/h5-8H,1-4H3. The molecule has 2 aromatic rings. The average Bonchev–Trinajstić information content (AvgIpc) is 2.69. The number of carbonyl (C=O) groups excluding carboxylic acids is 4. The van der Waals surface area contributed by atoms with Gasteiger partial charge in [-0.25, -0.2) is 19.2 Å². The summed E-state index contributed by atoms with van der Waals surface area (Å²) in [6.45, 7) is 0. The molecule has 0 unspecified atom stereocenters. The largest absolute Gasteiger partial charge is 0.465 e. The molecule has 136 valence electrons. The van der Waals surface area contributed by atoms with Gasteiger partial charge < -0.3 is 18.9 Å². The fourth-order valence-electron chi connectivity index (χ4n) is 2.63. The fraction of sp³-hybridized carbons (Fsp3) is 0.222. The summed E-state index contributed by atoms with van der Waals surface area (Å²) in [4.78, 5) is 48.9. The van der Waals surface area contributed by atoms with Crippen LogP contribution in [0.25, 0.3) is 10.8 Å². The van der Waals surface area contributed by atoms with Crippen LogP contribution in [0.1, 0.15) is 41.4 Å². The SMILES string of the molecule is COC(=O)c1cc(C(=O)OC)c2c(C(=O)OC)cccc2c1C(=O)OC. The first-order chi connectivity index (χ1) is 12.4. The summed E-state index contributed by atoms with van der Waals surface area (Å²) in [7, 11) is 4.62. The van der Waals surface area contributed by atoms with E-state index in [1.54, 1.807) is 0 Å². The van der Waals surface area contributed by atoms with Crippen LogP contribution in [0.4, 0.5) is 0 Å².